The number of aliphatic imine (C=N–C) groups is 1. The first-order valence-corrected chi connectivity index (χ1v) is 8.80. The van der Waals surface area contributed by atoms with E-state index in [9.17, 15) is 9.18 Å². The summed E-state index contributed by atoms with van der Waals surface area (Å²) >= 11 is 0. The molecule has 0 fully saturated rings. The molecule has 1 aromatic heterocycles. The third kappa shape index (κ3) is 8.15. The topological polar surface area (TPSA) is 87.9 Å². The molecule has 2 aromatic rings. The van der Waals surface area contributed by atoms with Gasteiger partial charge in [0, 0.05) is 26.2 Å². The highest BCUT2D eigenvalue weighted by atomic mass is 127. The molecule has 1 atom stereocenters. The summed E-state index contributed by atoms with van der Waals surface area (Å²) in [7, 11) is 1.66. The highest BCUT2D eigenvalue weighted by molar-refractivity contribution is 14.0. The number of furan rings is 1. The normalized spacial score (nSPS) is 11.9. The van der Waals surface area contributed by atoms with Gasteiger partial charge in [0.1, 0.15) is 17.7 Å². The zero-order valence-corrected chi connectivity index (χ0v) is 18.2. The summed E-state index contributed by atoms with van der Waals surface area (Å²) in [6.07, 6.45) is 2.07. The van der Waals surface area contributed by atoms with Gasteiger partial charge in [-0.1, -0.05) is 13.0 Å². The number of nitrogens with zero attached hydrogens (tertiary/aromatic N) is 1. The number of amides is 1. The molecule has 0 saturated carbocycles. The largest absolute Gasteiger partial charge is 0.489 e. The van der Waals surface area contributed by atoms with Crippen molar-refractivity contribution >= 4 is 35.8 Å². The van der Waals surface area contributed by atoms with Gasteiger partial charge in [-0.25, -0.2) is 4.39 Å². The van der Waals surface area contributed by atoms with Gasteiger partial charge in [0.2, 0.25) is 0 Å². The molecular weight excluding hydrogens is 478 g/mol. The Morgan fingerprint density at radius 3 is 2.64 bits per heavy atom. The molecule has 1 unspecified atom stereocenters. The van der Waals surface area contributed by atoms with E-state index in [-0.39, 0.29) is 47.6 Å². The lowest BCUT2D eigenvalue weighted by Crippen LogP contribution is -2.44. The molecule has 3 N–H and O–H groups in total. The Kier molecular flexibility index (Phi) is 11.0. The predicted octanol–water partition coefficient (Wildman–Crippen LogP) is 2.79. The van der Waals surface area contributed by atoms with Crippen LogP contribution < -0.4 is 20.7 Å². The highest BCUT2D eigenvalue weighted by Gasteiger charge is 2.10. The molecule has 154 valence electrons. The number of carbonyl (C=O) groups is 1. The average Bonchev–Trinajstić information content (AvgIpc) is 3.21. The molecule has 0 aliphatic carbocycles. The van der Waals surface area contributed by atoms with Gasteiger partial charge in [0.15, 0.2) is 11.7 Å². The highest BCUT2D eigenvalue weighted by Crippen LogP contribution is 2.14. The van der Waals surface area contributed by atoms with Gasteiger partial charge in [0.25, 0.3) is 5.91 Å². The number of hydrogen-bond donors (Lipinski definition) is 3. The first kappa shape index (κ1) is 23.7. The van der Waals surface area contributed by atoms with Crippen LogP contribution in [0.15, 0.2) is 52.1 Å². The fourth-order valence-corrected chi connectivity index (χ4v) is 2.29. The number of ether oxygens (including phenoxy) is 1. The van der Waals surface area contributed by atoms with Crippen LogP contribution in [0.1, 0.15) is 23.9 Å². The Labute approximate surface area is 181 Å². The number of nitrogens with one attached hydrogen (secondary N) is 3. The lowest BCUT2D eigenvalue weighted by molar-refractivity contribution is 0.0926. The summed E-state index contributed by atoms with van der Waals surface area (Å²) < 4.78 is 24.1. The molecule has 0 spiro atoms. The molecule has 1 amide bonds. The fourth-order valence-electron chi connectivity index (χ4n) is 2.29. The van der Waals surface area contributed by atoms with Crippen molar-refractivity contribution in [3.8, 4) is 5.75 Å². The van der Waals surface area contributed by atoms with Gasteiger partial charge in [-0.3, -0.25) is 9.79 Å². The smallest absolute Gasteiger partial charge is 0.287 e. The Hall–Kier alpha value is -2.30. The van der Waals surface area contributed by atoms with Crippen molar-refractivity contribution in [1.29, 1.82) is 0 Å². The SMILES string of the molecule is CCC(CNC(=NC)NCCNC(=O)c1ccco1)Oc1cccc(F)c1.I. The number of carbonyl (C=O) groups excluding carboxylic acids is 1. The molecule has 1 aromatic carbocycles. The first-order valence-electron chi connectivity index (χ1n) is 8.80. The monoisotopic (exact) mass is 504 g/mol. The summed E-state index contributed by atoms with van der Waals surface area (Å²) in [6.45, 7) is 3.41. The molecule has 0 aliphatic rings. The predicted molar refractivity (Wildman–Crippen MR) is 117 cm³/mol. The van der Waals surface area contributed by atoms with E-state index in [2.05, 4.69) is 20.9 Å². The maximum absolute atomic E-state index is 13.2. The Bertz CT molecular complexity index is 741. The third-order valence-corrected chi connectivity index (χ3v) is 3.72. The van der Waals surface area contributed by atoms with Gasteiger partial charge in [0.05, 0.1) is 12.8 Å². The van der Waals surface area contributed by atoms with Gasteiger partial charge in [-0.15, -0.1) is 24.0 Å². The van der Waals surface area contributed by atoms with E-state index in [1.54, 1.807) is 31.3 Å². The van der Waals surface area contributed by atoms with E-state index in [0.29, 0.717) is 31.3 Å². The fraction of sp³-hybridized carbons (Fsp3) is 0.368. The molecule has 9 heteroatoms. The zero-order valence-electron chi connectivity index (χ0n) is 15.9. The van der Waals surface area contributed by atoms with Crippen molar-refractivity contribution in [1.82, 2.24) is 16.0 Å². The van der Waals surface area contributed by atoms with Crippen molar-refractivity contribution in [3.63, 3.8) is 0 Å². The standard InChI is InChI=1S/C19H25FN4O3.HI/c1-3-15(27-16-7-4-6-14(20)12-16)13-24-19(21-2)23-10-9-22-18(25)17-8-5-11-26-17;/h4-8,11-12,15H,3,9-10,13H2,1-2H3,(H,22,25)(H2,21,23,24);1H. The molecular formula is C19H26FIN4O3. The molecule has 28 heavy (non-hydrogen) atoms. The number of rotatable bonds is 9. The van der Waals surface area contributed by atoms with Crippen LogP contribution in [0.4, 0.5) is 4.39 Å². The lowest BCUT2D eigenvalue weighted by atomic mass is 10.2. The van der Waals surface area contributed by atoms with Gasteiger partial charge < -0.3 is 25.1 Å². The molecule has 0 bridgehead atoms. The van der Waals surface area contributed by atoms with E-state index in [1.807, 2.05) is 6.92 Å². The quantitative estimate of drug-likeness (QED) is 0.212. The number of hydrogen-bond acceptors (Lipinski definition) is 4. The molecule has 2 rings (SSSR count). The van der Waals surface area contributed by atoms with Crippen LogP contribution in [0.25, 0.3) is 0 Å². The molecule has 1 heterocycles. The summed E-state index contributed by atoms with van der Waals surface area (Å²) in [5, 5.41) is 9.00. The summed E-state index contributed by atoms with van der Waals surface area (Å²) in [4.78, 5) is 15.9. The zero-order chi connectivity index (χ0) is 19.5. The first-order chi connectivity index (χ1) is 13.1. The average molecular weight is 504 g/mol. The second kappa shape index (κ2) is 13.0. The third-order valence-electron chi connectivity index (χ3n) is 3.72. The van der Waals surface area contributed by atoms with Gasteiger partial charge in [-0.2, -0.15) is 0 Å². The van der Waals surface area contributed by atoms with Crippen molar-refractivity contribution in [2.45, 2.75) is 19.4 Å². The molecule has 0 radical (unpaired) electrons. The Balaban J connectivity index is 0.00000392. The van der Waals surface area contributed by atoms with Crippen molar-refractivity contribution in [2.75, 3.05) is 26.7 Å². The van der Waals surface area contributed by atoms with E-state index in [0.717, 1.165) is 6.42 Å². The van der Waals surface area contributed by atoms with Gasteiger partial charge >= 0.3 is 0 Å². The van der Waals surface area contributed by atoms with Crippen LogP contribution in [0.2, 0.25) is 0 Å². The second-order valence-corrected chi connectivity index (χ2v) is 5.72. The Morgan fingerprint density at radius 1 is 1.21 bits per heavy atom. The number of halogens is 2. The number of guanidine groups is 1. The van der Waals surface area contributed by atoms with E-state index in [4.69, 9.17) is 9.15 Å². The summed E-state index contributed by atoms with van der Waals surface area (Å²) in [5.74, 6) is 0.761. The van der Waals surface area contributed by atoms with Crippen molar-refractivity contribution < 1.29 is 18.3 Å². The van der Waals surface area contributed by atoms with Crippen LogP contribution in [-0.2, 0) is 0 Å². The Morgan fingerprint density at radius 2 is 2.00 bits per heavy atom. The maximum atomic E-state index is 13.2. The molecule has 7 nitrogen and oxygen atoms in total. The minimum Gasteiger partial charge on any atom is -0.489 e. The van der Waals surface area contributed by atoms with Crippen LogP contribution >= 0.6 is 24.0 Å². The summed E-state index contributed by atoms with van der Waals surface area (Å²) in [5.41, 5.74) is 0. The van der Waals surface area contributed by atoms with E-state index in [1.165, 1.54) is 18.4 Å². The van der Waals surface area contributed by atoms with E-state index >= 15 is 0 Å². The number of benzene rings is 1. The van der Waals surface area contributed by atoms with E-state index < -0.39 is 0 Å². The van der Waals surface area contributed by atoms with Crippen molar-refractivity contribution in [2.24, 2.45) is 4.99 Å². The summed E-state index contributed by atoms with van der Waals surface area (Å²) in [6, 6.07) is 9.34. The minimum absolute atomic E-state index is 0. The lowest BCUT2D eigenvalue weighted by Gasteiger charge is -2.20. The molecule has 0 aliphatic heterocycles. The van der Waals surface area contributed by atoms with Crippen LogP contribution in [0.5, 0.6) is 5.75 Å². The van der Waals surface area contributed by atoms with Crippen LogP contribution in [0.3, 0.4) is 0 Å². The molecule has 0 saturated heterocycles. The van der Waals surface area contributed by atoms with Gasteiger partial charge in [-0.05, 0) is 30.7 Å². The maximum Gasteiger partial charge on any atom is 0.287 e. The van der Waals surface area contributed by atoms with Crippen LogP contribution in [-0.4, -0.2) is 44.7 Å². The van der Waals surface area contributed by atoms with Crippen molar-refractivity contribution in [3.05, 3.63) is 54.2 Å². The second-order valence-electron chi connectivity index (χ2n) is 5.72. The van der Waals surface area contributed by atoms with Crippen LogP contribution in [0, 0.1) is 5.82 Å². The minimum atomic E-state index is -0.329.